The first-order chi connectivity index (χ1) is 13.6. The van der Waals surface area contributed by atoms with Crippen LogP contribution in [-0.2, 0) is 6.54 Å². The number of ketones is 1. The second-order valence-electron chi connectivity index (χ2n) is 6.05. The highest BCUT2D eigenvalue weighted by atomic mass is 35.5. The summed E-state index contributed by atoms with van der Waals surface area (Å²) in [5.41, 5.74) is 2.55. The number of nitrogens with one attached hydrogen (secondary N) is 1. The molecule has 1 N–H and O–H groups in total. The Morgan fingerprint density at radius 3 is 2.32 bits per heavy atom. The Morgan fingerprint density at radius 2 is 1.79 bits per heavy atom. The molecule has 0 spiro atoms. The van der Waals surface area contributed by atoms with Crippen LogP contribution in [0.5, 0.6) is 17.2 Å². The first-order valence-electron chi connectivity index (χ1n) is 8.58. The fourth-order valence-electron chi connectivity index (χ4n) is 2.92. The summed E-state index contributed by atoms with van der Waals surface area (Å²) in [7, 11) is 4.58. The molecule has 1 heterocycles. The standard InChI is InChI=1S/C20H21ClN2O4S/c1-25-16-8-14(9-17(26-2)19(16)27-3)18(24)15-11-28-20(23-15)13-6-4-12(5-7-13)10-22-21/h4-9,15,22H,10-11H2,1-3H3. The number of hydrogen-bond donors (Lipinski definition) is 1. The average molecular weight is 421 g/mol. The summed E-state index contributed by atoms with van der Waals surface area (Å²) >= 11 is 7.11. The molecule has 3 rings (SSSR count). The second-order valence-corrected chi connectivity index (χ2v) is 7.32. The lowest BCUT2D eigenvalue weighted by Crippen LogP contribution is -2.19. The molecule has 148 valence electrons. The molecular formula is C20H21ClN2O4S. The van der Waals surface area contributed by atoms with E-state index in [0.717, 1.165) is 16.2 Å². The first-order valence-corrected chi connectivity index (χ1v) is 9.95. The molecule has 0 radical (unpaired) electrons. The third-order valence-electron chi connectivity index (χ3n) is 4.37. The lowest BCUT2D eigenvalue weighted by Gasteiger charge is -2.14. The van der Waals surface area contributed by atoms with Gasteiger partial charge in [-0.05, 0) is 29.5 Å². The van der Waals surface area contributed by atoms with E-state index in [-0.39, 0.29) is 5.78 Å². The minimum atomic E-state index is -0.452. The SMILES string of the molecule is COc1cc(C(=O)C2CSC(c3ccc(CNCl)cc3)=N2)cc(OC)c1OC. The van der Waals surface area contributed by atoms with Gasteiger partial charge in [-0.3, -0.25) is 9.79 Å². The number of nitrogens with zero attached hydrogens (tertiary/aromatic N) is 1. The van der Waals surface area contributed by atoms with Gasteiger partial charge in [0.1, 0.15) is 6.04 Å². The van der Waals surface area contributed by atoms with Crippen molar-refractivity contribution >= 4 is 34.4 Å². The van der Waals surface area contributed by atoms with E-state index in [0.29, 0.717) is 35.1 Å². The van der Waals surface area contributed by atoms with Crippen LogP contribution in [-0.4, -0.2) is 44.0 Å². The number of rotatable bonds is 8. The van der Waals surface area contributed by atoms with E-state index in [9.17, 15) is 4.79 Å². The predicted molar refractivity (Wildman–Crippen MR) is 112 cm³/mol. The Morgan fingerprint density at radius 1 is 1.14 bits per heavy atom. The number of carbonyl (C=O) groups is 1. The summed E-state index contributed by atoms with van der Waals surface area (Å²) in [5.74, 6) is 1.87. The third-order valence-corrected chi connectivity index (χ3v) is 5.61. The summed E-state index contributed by atoms with van der Waals surface area (Å²) in [6, 6.07) is 10.8. The van der Waals surface area contributed by atoms with Crippen molar-refractivity contribution in [3.8, 4) is 17.2 Å². The fraction of sp³-hybridized carbons (Fsp3) is 0.300. The van der Waals surface area contributed by atoms with Crippen molar-refractivity contribution < 1.29 is 19.0 Å². The molecule has 2 aromatic rings. The zero-order chi connectivity index (χ0) is 20.1. The summed E-state index contributed by atoms with van der Waals surface area (Å²) in [6.45, 7) is 0.587. The molecule has 28 heavy (non-hydrogen) atoms. The van der Waals surface area contributed by atoms with E-state index < -0.39 is 6.04 Å². The van der Waals surface area contributed by atoms with Gasteiger partial charge >= 0.3 is 0 Å². The lowest BCUT2D eigenvalue weighted by atomic mass is 10.0. The van der Waals surface area contributed by atoms with Crippen LogP contribution in [0, 0.1) is 0 Å². The maximum atomic E-state index is 13.0. The van der Waals surface area contributed by atoms with Crippen molar-refractivity contribution in [2.45, 2.75) is 12.6 Å². The molecule has 0 aliphatic carbocycles. The Balaban J connectivity index is 1.83. The van der Waals surface area contributed by atoms with Crippen LogP contribution in [0.25, 0.3) is 0 Å². The van der Waals surface area contributed by atoms with E-state index in [1.807, 2.05) is 24.3 Å². The van der Waals surface area contributed by atoms with Crippen LogP contribution < -0.4 is 19.0 Å². The molecule has 1 atom stereocenters. The van der Waals surface area contributed by atoms with Gasteiger partial charge in [0.2, 0.25) is 5.75 Å². The van der Waals surface area contributed by atoms with Crippen LogP contribution in [0.4, 0.5) is 0 Å². The van der Waals surface area contributed by atoms with Crippen molar-refractivity contribution in [2.24, 2.45) is 4.99 Å². The number of methoxy groups -OCH3 is 3. The molecule has 1 aliphatic rings. The molecule has 0 aromatic heterocycles. The number of ether oxygens (including phenoxy) is 3. The van der Waals surface area contributed by atoms with Gasteiger partial charge in [0.15, 0.2) is 17.3 Å². The molecule has 1 aliphatic heterocycles. The third kappa shape index (κ3) is 4.27. The number of hydrogen-bond acceptors (Lipinski definition) is 7. The number of carbonyl (C=O) groups excluding carboxylic acids is 1. The van der Waals surface area contributed by atoms with Crippen molar-refractivity contribution in [3.05, 3.63) is 53.1 Å². The molecule has 0 fully saturated rings. The topological polar surface area (TPSA) is 69.2 Å². The Kier molecular flexibility index (Phi) is 6.83. The van der Waals surface area contributed by atoms with E-state index in [1.54, 1.807) is 23.9 Å². The van der Waals surface area contributed by atoms with Gasteiger partial charge in [0.05, 0.1) is 26.4 Å². The smallest absolute Gasteiger partial charge is 0.203 e. The highest BCUT2D eigenvalue weighted by Gasteiger charge is 2.28. The molecule has 1 unspecified atom stereocenters. The monoisotopic (exact) mass is 420 g/mol. The van der Waals surface area contributed by atoms with Crippen molar-refractivity contribution in [3.63, 3.8) is 0 Å². The zero-order valence-electron chi connectivity index (χ0n) is 15.8. The van der Waals surface area contributed by atoms with Gasteiger partial charge in [-0.15, -0.1) is 11.8 Å². The fourth-order valence-corrected chi connectivity index (χ4v) is 4.12. The molecule has 0 saturated heterocycles. The Labute approximate surface area is 173 Å². The van der Waals surface area contributed by atoms with Gasteiger partial charge in [0.25, 0.3) is 0 Å². The summed E-state index contributed by atoms with van der Waals surface area (Å²) < 4.78 is 16.0. The van der Waals surface area contributed by atoms with Gasteiger partial charge in [-0.25, -0.2) is 4.84 Å². The van der Waals surface area contributed by atoms with Gasteiger partial charge in [-0.2, -0.15) is 0 Å². The van der Waals surface area contributed by atoms with Crippen LogP contribution in [0.1, 0.15) is 21.5 Å². The maximum Gasteiger partial charge on any atom is 0.203 e. The number of Topliss-reactive ketones (excluding diaryl/α,β-unsaturated/α-hetero) is 1. The maximum absolute atomic E-state index is 13.0. The van der Waals surface area contributed by atoms with E-state index >= 15 is 0 Å². The minimum absolute atomic E-state index is 0.0790. The second kappa shape index (κ2) is 9.32. The van der Waals surface area contributed by atoms with E-state index in [2.05, 4.69) is 9.83 Å². The minimum Gasteiger partial charge on any atom is -0.493 e. The number of aliphatic imine (C=N–C) groups is 1. The predicted octanol–water partition coefficient (Wildman–Crippen LogP) is 3.70. The normalized spacial score (nSPS) is 15.9. The van der Waals surface area contributed by atoms with Crippen LogP contribution >= 0.6 is 23.5 Å². The van der Waals surface area contributed by atoms with E-state index in [4.69, 9.17) is 26.0 Å². The summed E-state index contributed by atoms with van der Waals surface area (Å²) in [5, 5.41) is 0.858. The first kappa shape index (κ1) is 20.5. The van der Waals surface area contributed by atoms with Gasteiger partial charge < -0.3 is 14.2 Å². The average Bonchev–Trinajstić information content (AvgIpc) is 3.23. The Hall–Kier alpha value is -2.22. The van der Waals surface area contributed by atoms with Gasteiger partial charge in [-0.1, -0.05) is 24.3 Å². The highest BCUT2D eigenvalue weighted by Crippen LogP contribution is 2.39. The molecule has 0 saturated carbocycles. The largest absolute Gasteiger partial charge is 0.493 e. The molecule has 6 nitrogen and oxygen atoms in total. The molecule has 8 heteroatoms. The highest BCUT2D eigenvalue weighted by molar-refractivity contribution is 8.14. The number of halogens is 1. The summed E-state index contributed by atoms with van der Waals surface area (Å²) in [6.07, 6.45) is 0. The van der Waals surface area contributed by atoms with Crippen LogP contribution in [0.3, 0.4) is 0 Å². The van der Waals surface area contributed by atoms with Gasteiger partial charge in [0, 0.05) is 23.4 Å². The lowest BCUT2D eigenvalue weighted by molar-refractivity contribution is 0.0971. The summed E-state index contributed by atoms with van der Waals surface area (Å²) in [4.78, 5) is 20.2. The van der Waals surface area contributed by atoms with E-state index in [1.165, 1.54) is 21.3 Å². The Bertz CT molecular complexity index is 861. The van der Waals surface area contributed by atoms with Crippen LogP contribution in [0.15, 0.2) is 41.4 Å². The zero-order valence-corrected chi connectivity index (χ0v) is 17.4. The number of benzene rings is 2. The van der Waals surface area contributed by atoms with Crippen molar-refractivity contribution in [1.82, 2.24) is 4.84 Å². The molecule has 0 bridgehead atoms. The van der Waals surface area contributed by atoms with Crippen molar-refractivity contribution in [1.29, 1.82) is 0 Å². The molecule has 2 aromatic carbocycles. The van der Waals surface area contributed by atoms with Crippen LogP contribution in [0.2, 0.25) is 0 Å². The molecule has 0 amide bonds. The number of thioether (sulfide) groups is 1. The van der Waals surface area contributed by atoms with Crippen molar-refractivity contribution in [2.75, 3.05) is 27.1 Å². The molecular weight excluding hydrogens is 400 g/mol. The quantitative estimate of drug-likeness (QED) is 0.518.